The first-order valence-corrected chi connectivity index (χ1v) is 5.92. The molecule has 0 atom stereocenters. The third-order valence-corrected chi connectivity index (χ3v) is 3.72. The molecular weight excluding hydrogens is 182 g/mol. The molecule has 0 saturated carbocycles. The zero-order chi connectivity index (χ0) is 10.8. The standard InChI is InChI=1S/C14H21N/c1-11-4-5-14(10-12(11)2)13-6-8-15(3)9-7-13/h4-5,10,13H,6-9H2,1-3H3. The Morgan fingerprint density at radius 3 is 2.33 bits per heavy atom. The fourth-order valence-electron chi connectivity index (χ4n) is 2.36. The minimum absolute atomic E-state index is 0.792. The van der Waals surface area contributed by atoms with Gasteiger partial charge in [0.15, 0.2) is 0 Å². The van der Waals surface area contributed by atoms with Crippen molar-refractivity contribution in [1.29, 1.82) is 0 Å². The Bertz CT molecular complexity index is 335. The molecule has 1 heterocycles. The van der Waals surface area contributed by atoms with Crippen molar-refractivity contribution in [2.24, 2.45) is 0 Å². The Morgan fingerprint density at radius 2 is 1.73 bits per heavy atom. The van der Waals surface area contributed by atoms with Crippen LogP contribution < -0.4 is 0 Å². The molecule has 1 heteroatoms. The quantitative estimate of drug-likeness (QED) is 0.678. The van der Waals surface area contributed by atoms with E-state index in [-0.39, 0.29) is 0 Å². The summed E-state index contributed by atoms with van der Waals surface area (Å²) >= 11 is 0. The predicted molar refractivity (Wildman–Crippen MR) is 65.4 cm³/mol. The summed E-state index contributed by atoms with van der Waals surface area (Å²) in [5.74, 6) is 0.792. The second kappa shape index (κ2) is 4.36. The molecule has 1 aromatic rings. The lowest BCUT2D eigenvalue weighted by Gasteiger charge is -2.29. The highest BCUT2D eigenvalue weighted by molar-refractivity contribution is 5.32. The molecule has 0 amide bonds. The van der Waals surface area contributed by atoms with Gasteiger partial charge in [-0.3, -0.25) is 0 Å². The first-order valence-electron chi connectivity index (χ1n) is 5.92. The number of benzene rings is 1. The van der Waals surface area contributed by atoms with Gasteiger partial charge in [0.25, 0.3) is 0 Å². The number of piperidine rings is 1. The predicted octanol–water partition coefficient (Wildman–Crippen LogP) is 3.11. The van der Waals surface area contributed by atoms with Crippen LogP contribution in [0.2, 0.25) is 0 Å². The van der Waals surface area contributed by atoms with Crippen LogP contribution in [0.3, 0.4) is 0 Å². The largest absolute Gasteiger partial charge is 0.306 e. The van der Waals surface area contributed by atoms with Crippen LogP contribution in [0.25, 0.3) is 0 Å². The smallest absolute Gasteiger partial charge is 0.00159 e. The summed E-state index contributed by atoms with van der Waals surface area (Å²) in [5.41, 5.74) is 4.39. The molecule has 1 fully saturated rings. The van der Waals surface area contributed by atoms with Crippen molar-refractivity contribution < 1.29 is 0 Å². The average molecular weight is 203 g/mol. The lowest BCUT2D eigenvalue weighted by Crippen LogP contribution is -2.29. The molecule has 1 aromatic carbocycles. The molecule has 15 heavy (non-hydrogen) atoms. The molecule has 0 unspecified atom stereocenters. The second-order valence-corrected chi connectivity index (χ2v) is 4.92. The van der Waals surface area contributed by atoms with Gasteiger partial charge in [0.1, 0.15) is 0 Å². The van der Waals surface area contributed by atoms with Gasteiger partial charge in [-0.2, -0.15) is 0 Å². The molecule has 0 aromatic heterocycles. The Hall–Kier alpha value is -0.820. The van der Waals surface area contributed by atoms with Gasteiger partial charge in [-0.05, 0) is 69.4 Å². The van der Waals surface area contributed by atoms with E-state index in [1.807, 2.05) is 0 Å². The van der Waals surface area contributed by atoms with Crippen molar-refractivity contribution in [3.8, 4) is 0 Å². The number of nitrogens with zero attached hydrogens (tertiary/aromatic N) is 1. The van der Waals surface area contributed by atoms with Gasteiger partial charge >= 0.3 is 0 Å². The van der Waals surface area contributed by atoms with E-state index in [2.05, 4.69) is 44.0 Å². The molecule has 1 aliphatic heterocycles. The van der Waals surface area contributed by atoms with Crippen molar-refractivity contribution in [2.45, 2.75) is 32.6 Å². The monoisotopic (exact) mass is 203 g/mol. The Labute approximate surface area is 93.1 Å². The van der Waals surface area contributed by atoms with Gasteiger partial charge in [0, 0.05) is 0 Å². The van der Waals surface area contributed by atoms with E-state index in [9.17, 15) is 0 Å². The van der Waals surface area contributed by atoms with Gasteiger partial charge in [0.05, 0.1) is 0 Å². The Morgan fingerprint density at radius 1 is 1.07 bits per heavy atom. The molecule has 1 saturated heterocycles. The van der Waals surface area contributed by atoms with Gasteiger partial charge in [-0.1, -0.05) is 18.2 Å². The van der Waals surface area contributed by atoms with Crippen LogP contribution in [0, 0.1) is 13.8 Å². The number of likely N-dealkylation sites (tertiary alicyclic amines) is 1. The third kappa shape index (κ3) is 2.40. The average Bonchev–Trinajstić information content (AvgIpc) is 2.23. The maximum Gasteiger partial charge on any atom is -0.00159 e. The molecule has 0 aliphatic carbocycles. The van der Waals surface area contributed by atoms with E-state index in [1.54, 1.807) is 5.56 Å². The zero-order valence-electron chi connectivity index (χ0n) is 10.1. The summed E-state index contributed by atoms with van der Waals surface area (Å²) in [6.45, 7) is 6.90. The van der Waals surface area contributed by atoms with E-state index in [0.717, 1.165) is 5.92 Å². The highest BCUT2D eigenvalue weighted by Crippen LogP contribution is 2.28. The minimum Gasteiger partial charge on any atom is -0.306 e. The first-order chi connectivity index (χ1) is 7.16. The highest BCUT2D eigenvalue weighted by atomic mass is 15.1. The van der Waals surface area contributed by atoms with Crippen LogP contribution in [-0.2, 0) is 0 Å². The van der Waals surface area contributed by atoms with Gasteiger partial charge in [-0.25, -0.2) is 0 Å². The minimum atomic E-state index is 0.792. The number of hydrogen-bond donors (Lipinski definition) is 0. The highest BCUT2D eigenvalue weighted by Gasteiger charge is 2.18. The van der Waals surface area contributed by atoms with Crippen LogP contribution in [0.1, 0.15) is 35.4 Å². The summed E-state index contributed by atoms with van der Waals surface area (Å²) in [6.07, 6.45) is 2.64. The van der Waals surface area contributed by atoms with Crippen LogP contribution in [0.15, 0.2) is 18.2 Å². The Balaban J connectivity index is 2.12. The normalized spacial score (nSPS) is 19.4. The lowest BCUT2D eigenvalue weighted by molar-refractivity contribution is 0.255. The van der Waals surface area contributed by atoms with E-state index in [4.69, 9.17) is 0 Å². The van der Waals surface area contributed by atoms with Crippen molar-refractivity contribution in [3.63, 3.8) is 0 Å². The van der Waals surface area contributed by atoms with E-state index >= 15 is 0 Å². The van der Waals surface area contributed by atoms with Crippen molar-refractivity contribution in [1.82, 2.24) is 4.90 Å². The SMILES string of the molecule is Cc1ccc(C2CCN(C)CC2)cc1C. The molecule has 2 rings (SSSR count). The molecule has 0 radical (unpaired) electrons. The topological polar surface area (TPSA) is 3.24 Å². The first kappa shape index (κ1) is 10.7. The second-order valence-electron chi connectivity index (χ2n) is 4.92. The summed E-state index contributed by atoms with van der Waals surface area (Å²) in [5, 5.41) is 0. The zero-order valence-corrected chi connectivity index (χ0v) is 10.1. The fraction of sp³-hybridized carbons (Fsp3) is 0.571. The summed E-state index contributed by atoms with van der Waals surface area (Å²) in [7, 11) is 2.22. The van der Waals surface area contributed by atoms with Gasteiger partial charge in [0.2, 0.25) is 0 Å². The maximum absolute atomic E-state index is 2.43. The molecule has 1 aliphatic rings. The molecule has 0 N–H and O–H groups in total. The summed E-state index contributed by atoms with van der Waals surface area (Å²) in [4.78, 5) is 2.43. The fourth-order valence-corrected chi connectivity index (χ4v) is 2.36. The number of rotatable bonds is 1. The van der Waals surface area contributed by atoms with E-state index in [0.29, 0.717) is 0 Å². The number of aryl methyl sites for hydroxylation is 2. The van der Waals surface area contributed by atoms with Gasteiger partial charge in [-0.15, -0.1) is 0 Å². The Kier molecular flexibility index (Phi) is 3.11. The van der Waals surface area contributed by atoms with Crippen LogP contribution in [-0.4, -0.2) is 25.0 Å². The van der Waals surface area contributed by atoms with E-state index < -0.39 is 0 Å². The third-order valence-electron chi connectivity index (χ3n) is 3.72. The van der Waals surface area contributed by atoms with Crippen LogP contribution in [0.5, 0.6) is 0 Å². The molecule has 1 nitrogen and oxygen atoms in total. The molecule has 0 spiro atoms. The molecule has 0 bridgehead atoms. The molecule has 82 valence electrons. The number of hydrogen-bond acceptors (Lipinski definition) is 1. The molecular formula is C14H21N. The van der Waals surface area contributed by atoms with Gasteiger partial charge < -0.3 is 4.90 Å². The van der Waals surface area contributed by atoms with Crippen molar-refractivity contribution in [2.75, 3.05) is 20.1 Å². The van der Waals surface area contributed by atoms with E-state index in [1.165, 1.54) is 37.1 Å². The van der Waals surface area contributed by atoms with Crippen molar-refractivity contribution >= 4 is 0 Å². The van der Waals surface area contributed by atoms with Crippen molar-refractivity contribution in [3.05, 3.63) is 34.9 Å². The maximum atomic E-state index is 2.43. The van der Waals surface area contributed by atoms with Crippen LogP contribution in [0.4, 0.5) is 0 Å². The van der Waals surface area contributed by atoms with Crippen LogP contribution >= 0.6 is 0 Å². The summed E-state index contributed by atoms with van der Waals surface area (Å²) < 4.78 is 0. The lowest BCUT2D eigenvalue weighted by atomic mass is 9.88. The summed E-state index contributed by atoms with van der Waals surface area (Å²) in [6, 6.07) is 6.96.